The third-order valence-electron chi connectivity index (χ3n) is 3.63. The average Bonchev–Trinajstić information content (AvgIpc) is 3.22. The van der Waals surface area contributed by atoms with Gasteiger partial charge in [-0.05, 0) is 47.7 Å². The highest BCUT2D eigenvalue weighted by atomic mass is 32.2. The second-order valence-electron chi connectivity index (χ2n) is 5.30. The lowest BCUT2D eigenvalue weighted by atomic mass is 10.2. The molecule has 0 radical (unpaired) electrons. The van der Waals surface area contributed by atoms with Crippen molar-refractivity contribution in [2.75, 3.05) is 14.2 Å². The van der Waals surface area contributed by atoms with Crippen molar-refractivity contribution in [3.63, 3.8) is 0 Å². The highest BCUT2D eigenvalue weighted by molar-refractivity contribution is 8.18. The predicted molar refractivity (Wildman–Crippen MR) is 94.6 cm³/mol. The number of benzene rings is 1. The fraction of sp³-hybridized carbons (Fsp3) is 0.167. The fourth-order valence-electron chi connectivity index (χ4n) is 2.35. The van der Waals surface area contributed by atoms with E-state index in [1.54, 1.807) is 31.4 Å². The molecule has 2 amide bonds. The summed E-state index contributed by atoms with van der Waals surface area (Å²) in [6.07, 6.45) is 1.63. The Hall–Kier alpha value is -3.00. The Kier molecular flexibility index (Phi) is 5.13. The van der Waals surface area contributed by atoms with Crippen LogP contribution >= 0.6 is 11.8 Å². The van der Waals surface area contributed by atoms with Crippen LogP contribution in [0.15, 0.2) is 45.7 Å². The minimum Gasteiger partial charge on any atom is -0.497 e. The molecule has 2 aromatic rings. The topological polar surface area (TPSA) is 86.0 Å². The second kappa shape index (κ2) is 7.49. The summed E-state index contributed by atoms with van der Waals surface area (Å²) in [5.41, 5.74) is 0.751. The van der Waals surface area contributed by atoms with Crippen LogP contribution in [-0.2, 0) is 16.1 Å². The van der Waals surface area contributed by atoms with Crippen molar-refractivity contribution in [1.29, 1.82) is 0 Å². The van der Waals surface area contributed by atoms with Gasteiger partial charge in [-0.3, -0.25) is 14.5 Å². The molecule has 1 aromatic carbocycles. The van der Waals surface area contributed by atoms with Gasteiger partial charge in [-0.1, -0.05) is 12.1 Å². The van der Waals surface area contributed by atoms with Gasteiger partial charge in [0.1, 0.15) is 11.5 Å². The largest absolute Gasteiger partial charge is 0.497 e. The van der Waals surface area contributed by atoms with E-state index in [0.717, 1.165) is 22.2 Å². The number of carbonyl (C=O) groups excluding carboxylic acids is 3. The second-order valence-corrected chi connectivity index (χ2v) is 6.30. The highest BCUT2D eigenvalue weighted by Crippen LogP contribution is 2.33. The van der Waals surface area contributed by atoms with Crippen LogP contribution in [0.5, 0.6) is 5.75 Å². The smallest absolute Gasteiger partial charge is 0.373 e. The molecule has 3 rings (SSSR count). The first-order valence-corrected chi connectivity index (χ1v) is 8.40. The maximum Gasteiger partial charge on any atom is 0.373 e. The van der Waals surface area contributed by atoms with Crippen molar-refractivity contribution in [3.8, 4) is 5.75 Å². The standard InChI is InChI=1S/C18H15NO6S/c1-23-12-5-3-4-11(8-12)9-15-16(20)19(18(22)26-15)10-13-6-7-14(25-13)17(21)24-2/h3-9H,10H2,1-2H3. The third-order valence-corrected chi connectivity index (χ3v) is 4.53. The van der Waals surface area contributed by atoms with Crippen LogP contribution in [0.2, 0.25) is 0 Å². The molecule has 0 atom stereocenters. The number of hydrogen-bond acceptors (Lipinski definition) is 7. The zero-order chi connectivity index (χ0) is 18.7. The van der Waals surface area contributed by atoms with Gasteiger partial charge in [0, 0.05) is 0 Å². The number of ether oxygens (including phenoxy) is 2. The summed E-state index contributed by atoms with van der Waals surface area (Å²) in [5.74, 6) is -0.0530. The lowest BCUT2D eigenvalue weighted by molar-refractivity contribution is -0.123. The van der Waals surface area contributed by atoms with E-state index >= 15 is 0 Å². The molecule has 1 aromatic heterocycles. The lowest BCUT2D eigenvalue weighted by Crippen LogP contribution is -2.27. The zero-order valence-electron chi connectivity index (χ0n) is 14.1. The summed E-state index contributed by atoms with van der Waals surface area (Å²) >= 11 is 0.851. The highest BCUT2D eigenvalue weighted by Gasteiger charge is 2.35. The van der Waals surface area contributed by atoms with Gasteiger partial charge in [0.25, 0.3) is 11.1 Å². The van der Waals surface area contributed by atoms with Crippen molar-refractivity contribution in [2.45, 2.75) is 6.54 Å². The number of thioether (sulfide) groups is 1. The summed E-state index contributed by atoms with van der Waals surface area (Å²) in [5, 5.41) is -0.403. The van der Waals surface area contributed by atoms with Gasteiger partial charge < -0.3 is 13.9 Å². The molecule has 0 bridgehead atoms. The molecule has 0 N–H and O–H groups in total. The van der Waals surface area contributed by atoms with Crippen molar-refractivity contribution in [2.24, 2.45) is 0 Å². The molecular weight excluding hydrogens is 358 g/mol. The Morgan fingerprint density at radius 1 is 1.23 bits per heavy atom. The maximum atomic E-state index is 12.5. The first kappa shape index (κ1) is 17.8. The summed E-state index contributed by atoms with van der Waals surface area (Å²) < 4.78 is 15.0. The van der Waals surface area contributed by atoms with Crippen LogP contribution < -0.4 is 4.74 Å². The average molecular weight is 373 g/mol. The van der Waals surface area contributed by atoms with E-state index < -0.39 is 17.1 Å². The van der Waals surface area contributed by atoms with E-state index in [0.29, 0.717) is 16.4 Å². The number of amides is 2. The number of carbonyl (C=O) groups is 3. The molecule has 134 valence electrons. The Morgan fingerprint density at radius 3 is 2.77 bits per heavy atom. The number of rotatable bonds is 5. The lowest BCUT2D eigenvalue weighted by Gasteiger charge is -2.09. The van der Waals surface area contributed by atoms with E-state index in [-0.39, 0.29) is 12.3 Å². The summed E-state index contributed by atoms with van der Waals surface area (Å²) in [6.45, 7) is -0.0584. The number of imide groups is 1. The normalized spacial score (nSPS) is 15.6. The Bertz CT molecular complexity index is 901. The molecular formula is C18H15NO6S. The van der Waals surface area contributed by atoms with Crippen LogP contribution in [0.3, 0.4) is 0 Å². The molecule has 0 aliphatic carbocycles. The summed E-state index contributed by atoms with van der Waals surface area (Å²) in [7, 11) is 2.79. The number of hydrogen-bond donors (Lipinski definition) is 0. The number of esters is 1. The molecule has 0 spiro atoms. The van der Waals surface area contributed by atoms with Gasteiger partial charge >= 0.3 is 5.97 Å². The van der Waals surface area contributed by atoms with Crippen molar-refractivity contribution in [3.05, 3.63) is 58.4 Å². The van der Waals surface area contributed by atoms with Gasteiger partial charge in [0.15, 0.2) is 0 Å². The van der Waals surface area contributed by atoms with Crippen LogP contribution in [0.25, 0.3) is 6.08 Å². The monoisotopic (exact) mass is 373 g/mol. The van der Waals surface area contributed by atoms with Gasteiger partial charge in [-0.2, -0.15) is 0 Å². The Morgan fingerprint density at radius 2 is 2.04 bits per heavy atom. The minimum absolute atomic E-state index is 0.0152. The van der Waals surface area contributed by atoms with Gasteiger partial charge in [-0.25, -0.2) is 4.79 Å². The number of furan rings is 1. The van der Waals surface area contributed by atoms with Crippen LogP contribution in [0.4, 0.5) is 4.79 Å². The van der Waals surface area contributed by atoms with Crippen molar-refractivity contribution >= 4 is 35.0 Å². The molecule has 0 saturated carbocycles. The first-order valence-electron chi connectivity index (χ1n) is 7.58. The van der Waals surface area contributed by atoms with E-state index in [9.17, 15) is 14.4 Å². The van der Waals surface area contributed by atoms with Crippen LogP contribution in [0.1, 0.15) is 21.9 Å². The van der Waals surface area contributed by atoms with Crippen molar-refractivity contribution in [1.82, 2.24) is 4.90 Å². The number of nitrogens with zero attached hydrogens (tertiary/aromatic N) is 1. The molecule has 1 fully saturated rings. The van der Waals surface area contributed by atoms with Gasteiger partial charge in [0.2, 0.25) is 5.76 Å². The molecule has 7 nitrogen and oxygen atoms in total. The molecule has 1 saturated heterocycles. The minimum atomic E-state index is -0.622. The number of methoxy groups -OCH3 is 2. The predicted octanol–water partition coefficient (Wildman–Crippen LogP) is 3.31. The van der Waals surface area contributed by atoms with Crippen molar-refractivity contribution < 1.29 is 28.3 Å². The molecule has 1 aliphatic rings. The molecule has 26 heavy (non-hydrogen) atoms. The summed E-state index contributed by atoms with van der Waals surface area (Å²) in [4.78, 5) is 37.5. The third kappa shape index (κ3) is 3.65. The molecule has 0 unspecified atom stereocenters. The Labute approximate surface area is 153 Å². The van der Waals surface area contributed by atoms with E-state index in [1.165, 1.54) is 19.2 Å². The summed E-state index contributed by atoms with van der Waals surface area (Å²) in [6, 6.07) is 10.1. The van der Waals surface area contributed by atoms with Crippen LogP contribution in [0, 0.1) is 0 Å². The molecule has 2 heterocycles. The molecule has 1 aliphatic heterocycles. The van der Waals surface area contributed by atoms with E-state index in [1.807, 2.05) is 6.07 Å². The SMILES string of the molecule is COC(=O)c1ccc(CN2C(=O)SC(=Cc3cccc(OC)c3)C2=O)o1. The van der Waals surface area contributed by atoms with Crippen LogP contribution in [-0.4, -0.2) is 36.2 Å². The maximum absolute atomic E-state index is 12.5. The van der Waals surface area contributed by atoms with Gasteiger partial charge in [0.05, 0.1) is 25.7 Å². The fourth-order valence-corrected chi connectivity index (χ4v) is 3.19. The molecule has 8 heteroatoms. The first-order chi connectivity index (χ1) is 12.5. The van der Waals surface area contributed by atoms with E-state index in [4.69, 9.17) is 9.15 Å². The quantitative estimate of drug-likeness (QED) is 0.587. The van der Waals surface area contributed by atoms with E-state index in [2.05, 4.69) is 4.74 Å². The zero-order valence-corrected chi connectivity index (χ0v) is 14.9. The van der Waals surface area contributed by atoms with Gasteiger partial charge in [-0.15, -0.1) is 0 Å². The Balaban J connectivity index is 1.77.